The van der Waals surface area contributed by atoms with Crippen molar-refractivity contribution in [3.63, 3.8) is 0 Å². The Balaban J connectivity index is 1.55. The van der Waals surface area contributed by atoms with Crippen molar-refractivity contribution in [1.82, 2.24) is 14.7 Å². The molecule has 26 heavy (non-hydrogen) atoms. The SMILES string of the molecule is C=CCNc1nn(CN2CCN(c3ccc(C(C)=O)cc3)CC2)c(=S)s1. The van der Waals surface area contributed by atoms with Crippen molar-refractivity contribution in [3.8, 4) is 0 Å². The molecule has 1 aliphatic heterocycles. The van der Waals surface area contributed by atoms with Crippen molar-refractivity contribution in [2.24, 2.45) is 0 Å². The molecule has 2 heterocycles. The van der Waals surface area contributed by atoms with Crippen LogP contribution in [-0.4, -0.2) is 53.2 Å². The van der Waals surface area contributed by atoms with Gasteiger partial charge in [0.25, 0.3) is 0 Å². The molecule has 0 amide bonds. The first-order valence-electron chi connectivity index (χ1n) is 8.58. The number of hydrogen-bond acceptors (Lipinski definition) is 7. The Morgan fingerprint density at radius 1 is 1.31 bits per heavy atom. The minimum atomic E-state index is 0.100. The highest BCUT2D eigenvalue weighted by atomic mass is 32.1. The first-order chi connectivity index (χ1) is 12.6. The van der Waals surface area contributed by atoms with E-state index in [4.69, 9.17) is 12.2 Å². The third kappa shape index (κ3) is 4.57. The summed E-state index contributed by atoms with van der Waals surface area (Å²) >= 11 is 6.90. The van der Waals surface area contributed by atoms with E-state index < -0.39 is 0 Å². The first kappa shape index (κ1) is 18.8. The quantitative estimate of drug-likeness (QED) is 0.446. The number of anilines is 2. The summed E-state index contributed by atoms with van der Waals surface area (Å²) in [5.74, 6) is 0.100. The van der Waals surface area contributed by atoms with Crippen LogP contribution in [0.3, 0.4) is 0 Å². The molecule has 0 radical (unpaired) electrons. The number of nitrogens with zero attached hydrogens (tertiary/aromatic N) is 4. The maximum Gasteiger partial charge on any atom is 0.204 e. The third-order valence-corrected chi connectivity index (χ3v) is 5.61. The lowest BCUT2D eigenvalue weighted by atomic mass is 10.1. The summed E-state index contributed by atoms with van der Waals surface area (Å²) in [6, 6.07) is 7.85. The number of hydrogen-bond donors (Lipinski definition) is 1. The lowest BCUT2D eigenvalue weighted by Crippen LogP contribution is -2.46. The van der Waals surface area contributed by atoms with Crippen molar-refractivity contribution in [2.75, 3.05) is 42.9 Å². The normalized spacial score (nSPS) is 15.0. The molecule has 1 aliphatic rings. The Kier molecular flexibility index (Phi) is 6.18. The van der Waals surface area contributed by atoms with E-state index in [1.165, 1.54) is 11.3 Å². The third-order valence-electron chi connectivity index (χ3n) is 4.35. The van der Waals surface area contributed by atoms with Crippen LogP contribution in [0.25, 0.3) is 0 Å². The lowest BCUT2D eigenvalue weighted by molar-refractivity contribution is 0.101. The van der Waals surface area contributed by atoms with Crippen LogP contribution in [0.15, 0.2) is 36.9 Å². The lowest BCUT2D eigenvalue weighted by Gasteiger charge is -2.35. The molecule has 6 nitrogen and oxygen atoms in total. The molecule has 0 aliphatic carbocycles. The average Bonchev–Trinajstić information content (AvgIpc) is 3.00. The Morgan fingerprint density at radius 3 is 2.62 bits per heavy atom. The minimum absolute atomic E-state index is 0.100. The maximum absolute atomic E-state index is 11.4. The Hall–Kier alpha value is -2.03. The fraction of sp³-hybridized carbons (Fsp3) is 0.389. The number of Topliss-reactive ketones (excluding diaryl/α,β-unsaturated/α-hetero) is 1. The van der Waals surface area contributed by atoms with Gasteiger partial charge < -0.3 is 10.2 Å². The number of piperazine rings is 1. The zero-order chi connectivity index (χ0) is 18.5. The fourth-order valence-electron chi connectivity index (χ4n) is 2.87. The number of rotatable bonds is 7. The van der Waals surface area contributed by atoms with Crippen LogP contribution in [0, 0.1) is 3.95 Å². The van der Waals surface area contributed by atoms with Crippen LogP contribution in [0.1, 0.15) is 17.3 Å². The van der Waals surface area contributed by atoms with E-state index in [-0.39, 0.29) is 5.78 Å². The highest BCUT2D eigenvalue weighted by molar-refractivity contribution is 7.73. The van der Waals surface area contributed by atoms with Gasteiger partial charge in [0, 0.05) is 44.0 Å². The van der Waals surface area contributed by atoms with Crippen molar-refractivity contribution < 1.29 is 4.79 Å². The van der Waals surface area contributed by atoms with E-state index in [0.29, 0.717) is 13.2 Å². The van der Waals surface area contributed by atoms with Crippen LogP contribution in [-0.2, 0) is 6.67 Å². The molecule has 2 aromatic rings. The van der Waals surface area contributed by atoms with Gasteiger partial charge in [-0.25, -0.2) is 4.68 Å². The molecule has 0 bridgehead atoms. The van der Waals surface area contributed by atoms with Crippen molar-refractivity contribution in [1.29, 1.82) is 0 Å². The maximum atomic E-state index is 11.4. The van der Waals surface area contributed by atoms with Gasteiger partial charge in [-0.2, -0.15) is 0 Å². The molecule has 3 rings (SSSR count). The molecule has 138 valence electrons. The number of aromatic nitrogens is 2. The van der Waals surface area contributed by atoms with Crippen LogP contribution < -0.4 is 10.2 Å². The molecule has 0 atom stereocenters. The van der Waals surface area contributed by atoms with Crippen LogP contribution >= 0.6 is 23.6 Å². The average molecular weight is 390 g/mol. The fourth-order valence-corrected chi connectivity index (χ4v) is 3.87. The van der Waals surface area contributed by atoms with Gasteiger partial charge in [0.15, 0.2) is 9.74 Å². The minimum Gasteiger partial charge on any atom is -0.369 e. The number of carbonyl (C=O) groups is 1. The van der Waals surface area contributed by atoms with Gasteiger partial charge >= 0.3 is 0 Å². The molecule has 1 N–H and O–H groups in total. The van der Waals surface area contributed by atoms with E-state index >= 15 is 0 Å². The molecule has 1 fully saturated rings. The van der Waals surface area contributed by atoms with Crippen LogP contribution in [0.4, 0.5) is 10.8 Å². The van der Waals surface area contributed by atoms with Gasteiger partial charge in [-0.05, 0) is 43.4 Å². The molecular weight excluding hydrogens is 366 g/mol. The molecule has 0 spiro atoms. The summed E-state index contributed by atoms with van der Waals surface area (Å²) in [6.07, 6.45) is 1.80. The van der Waals surface area contributed by atoms with Crippen molar-refractivity contribution >= 4 is 40.2 Å². The van der Waals surface area contributed by atoms with E-state index in [9.17, 15) is 4.79 Å². The smallest absolute Gasteiger partial charge is 0.204 e. The van der Waals surface area contributed by atoms with E-state index in [1.807, 2.05) is 28.9 Å². The highest BCUT2D eigenvalue weighted by Crippen LogP contribution is 2.19. The summed E-state index contributed by atoms with van der Waals surface area (Å²) in [5.41, 5.74) is 1.92. The number of carbonyl (C=O) groups excluding carboxylic acids is 1. The van der Waals surface area contributed by atoms with E-state index in [2.05, 4.69) is 26.8 Å². The highest BCUT2D eigenvalue weighted by Gasteiger charge is 2.18. The second-order valence-electron chi connectivity index (χ2n) is 6.19. The summed E-state index contributed by atoms with van der Waals surface area (Å²) in [7, 11) is 0. The van der Waals surface area contributed by atoms with E-state index in [0.717, 1.165) is 46.5 Å². The molecular formula is C18H23N5OS2. The van der Waals surface area contributed by atoms with Crippen LogP contribution in [0.5, 0.6) is 0 Å². The number of ketones is 1. The summed E-state index contributed by atoms with van der Waals surface area (Å²) < 4.78 is 2.65. The predicted molar refractivity (Wildman–Crippen MR) is 110 cm³/mol. The second kappa shape index (κ2) is 8.57. The second-order valence-corrected chi connectivity index (χ2v) is 7.81. The van der Waals surface area contributed by atoms with Crippen molar-refractivity contribution in [2.45, 2.75) is 13.6 Å². The monoisotopic (exact) mass is 389 g/mol. The van der Waals surface area contributed by atoms with Crippen molar-refractivity contribution in [3.05, 3.63) is 46.4 Å². The number of benzene rings is 1. The first-order valence-corrected chi connectivity index (χ1v) is 9.80. The van der Waals surface area contributed by atoms with Gasteiger partial charge in [0.2, 0.25) is 5.13 Å². The Labute approximate surface area is 162 Å². The standard InChI is InChI=1S/C18H23N5OS2/c1-3-8-19-17-20-23(18(25)26-17)13-21-9-11-22(12-10-21)16-6-4-15(5-7-16)14(2)24/h3-7H,1,8-13H2,2H3,(H,19,20). The van der Waals surface area contributed by atoms with Gasteiger partial charge in [-0.1, -0.05) is 17.4 Å². The molecule has 8 heteroatoms. The summed E-state index contributed by atoms with van der Waals surface area (Å²) in [5, 5.41) is 8.55. The summed E-state index contributed by atoms with van der Waals surface area (Å²) in [6.45, 7) is 10.5. The Morgan fingerprint density at radius 2 is 2.00 bits per heavy atom. The van der Waals surface area contributed by atoms with Gasteiger partial charge in [0.1, 0.15) is 0 Å². The van der Waals surface area contributed by atoms with Gasteiger partial charge in [-0.3, -0.25) is 9.69 Å². The largest absolute Gasteiger partial charge is 0.369 e. The topological polar surface area (TPSA) is 53.4 Å². The predicted octanol–water partition coefficient (Wildman–Crippen LogP) is 3.25. The summed E-state index contributed by atoms with van der Waals surface area (Å²) in [4.78, 5) is 16.1. The van der Waals surface area contributed by atoms with Gasteiger partial charge in [0.05, 0.1) is 6.67 Å². The molecule has 1 aromatic carbocycles. The zero-order valence-corrected chi connectivity index (χ0v) is 16.5. The molecule has 1 saturated heterocycles. The molecule has 0 saturated carbocycles. The zero-order valence-electron chi connectivity index (χ0n) is 14.9. The Bertz CT molecular complexity index is 819. The van der Waals surface area contributed by atoms with E-state index in [1.54, 1.807) is 13.0 Å². The molecule has 1 aromatic heterocycles. The van der Waals surface area contributed by atoms with Gasteiger partial charge in [-0.15, -0.1) is 11.7 Å². The van der Waals surface area contributed by atoms with Crippen LogP contribution in [0.2, 0.25) is 0 Å². The number of nitrogens with one attached hydrogen (secondary N) is 1. The molecule has 0 unspecified atom stereocenters.